The topological polar surface area (TPSA) is 25.0 Å². The van der Waals surface area contributed by atoms with E-state index in [9.17, 15) is 0 Å². The number of para-hydroxylation sites is 2. The van der Waals surface area contributed by atoms with Crippen LogP contribution in [0.4, 0.5) is 0 Å². The van der Waals surface area contributed by atoms with Gasteiger partial charge in [-0.25, -0.2) is 0 Å². The Labute approximate surface area is 228 Å². The van der Waals surface area contributed by atoms with Crippen LogP contribution < -0.4 is 4.74 Å². The highest BCUT2D eigenvalue weighted by molar-refractivity contribution is 6.07. The number of aryl methyl sites for hydroxylation is 1. The molecule has 1 aromatic heterocycles. The Morgan fingerprint density at radius 2 is 1.28 bits per heavy atom. The highest BCUT2D eigenvalue weighted by Gasteiger charge is 2.51. The molecule has 2 nitrogen and oxygen atoms in total. The van der Waals surface area contributed by atoms with Crippen LogP contribution in [-0.4, -0.2) is 4.98 Å². The Balaban J connectivity index is 1.46. The second kappa shape index (κ2) is 8.09. The predicted octanol–water partition coefficient (Wildman–Crippen LogP) is 9.51. The number of aromatic nitrogens is 1. The first-order valence-corrected chi connectivity index (χ1v) is 13.5. The van der Waals surface area contributed by atoms with Crippen molar-refractivity contribution < 1.29 is 4.74 Å². The minimum Gasteiger partial charge on any atom is -0.457 e. The van der Waals surface area contributed by atoms with E-state index in [1.807, 2.05) is 0 Å². The van der Waals surface area contributed by atoms with Crippen molar-refractivity contribution in [1.82, 2.24) is 4.98 Å². The SMILES string of the molecule is C/C(=C\c1c(C)[nH]c2c3c(ccc12)C1(c2ccccc2Oc2ccccc21)c1ccccc1-3)c1ccccc1. The maximum absolute atomic E-state index is 6.48. The molecule has 2 heteroatoms. The first kappa shape index (κ1) is 22.2. The molecule has 0 atom stereocenters. The number of nitrogens with one attached hydrogen (secondary N) is 1. The molecule has 0 saturated heterocycles. The Bertz CT molecular complexity index is 1910. The first-order valence-electron chi connectivity index (χ1n) is 13.5. The zero-order chi connectivity index (χ0) is 26.1. The van der Waals surface area contributed by atoms with E-state index in [0.717, 1.165) is 11.5 Å². The van der Waals surface area contributed by atoms with E-state index in [2.05, 4.69) is 140 Å². The summed E-state index contributed by atoms with van der Waals surface area (Å²) in [5.74, 6) is 1.84. The molecule has 8 rings (SSSR count). The Morgan fingerprint density at radius 1 is 0.667 bits per heavy atom. The highest BCUT2D eigenvalue weighted by Crippen LogP contribution is 2.63. The summed E-state index contributed by atoms with van der Waals surface area (Å²) in [5, 5.41) is 1.25. The molecule has 0 amide bonds. The molecule has 2 heterocycles. The molecular formula is C37H27NO. The summed E-state index contributed by atoms with van der Waals surface area (Å²) in [5.41, 5.74) is 13.2. The zero-order valence-electron chi connectivity index (χ0n) is 22.0. The molecule has 1 N–H and O–H groups in total. The van der Waals surface area contributed by atoms with Crippen LogP contribution >= 0.6 is 0 Å². The second-order valence-corrected chi connectivity index (χ2v) is 10.7. The molecule has 5 aromatic carbocycles. The lowest BCUT2D eigenvalue weighted by Gasteiger charge is -2.39. The number of H-pyrrole nitrogens is 1. The molecule has 0 unspecified atom stereocenters. The molecule has 6 aromatic rings. The van der Waals surface area contributed by atoms with Crippen LogP contribution in [-0.2, 0) is 5.41 Å². The van der Waals surface area contributed by atoms with Crippen LogP contribution in [0.15, 0.2) is 115 Å². The average molecular weight is 502 g/mol. The van der Waals surface area contributed by atoms with Crippen molar-refractivity contribution in [3.05, 3.63) is 154 Å². The lowest BCUT2D eigenvalue weighted by atomic mass is 9.66. The molecule has 0 radical (unpaired) electrons. The van der Waals surface area contributed by atoms with E-state index >= 15 is 0 Å². The summed E-state index contributed by atoms with van der Waals surface area (Å²) in [4.78, 5) is 3.82. The van der Waals surface area contributed by atoms with Gasteiger partial charge in [0.15, 0.2) is 0 Å². The van der Waals surface area contributed by atoms with Crippen LogP contribution in [0.2, 0.25) is 0 Å². The number of benzene rings is 5. The molecule has 186 valence electrons. The minimum absolute atomic E-state index is 0.444. The normalized spacial score (nSPS) is 14.5. The number of allylic oxidation sites excluding steroid dienone is 1. The van der Waals surface area contributed by atoms with Gasteiger partial charge in [-0.2, -0.15) is 0 Å². The molecule has 0 saturated carbocycles. The largest absolute Gasteiger partial charge is 0.457 e. The van der Waals surface area contributed by atoms with Gasteiger partial charge in [0.1, 0.15) is 11.5 Å². The van der Waals surface area contributed by atoms with Crippen LogP contribution in [0.3, 0.4) is 0 Å². The Kier molecular flexibility index (Phi) is 4.60. The molecule has 0 bridgehead atoms. The Morgan fingerprint density at radius 3 is 2.00 bits per heavy atom. The van der Waals surface area contributed by atoms with Gasteiger partial charge in [-0.3, -0.25) is 0 Å². The van der Waals surface area contributed by atoms with Gasteiger partial charge in [-0.1, -0.05) is 103 Å². The maximum atomic E-state index is 6.48. The smallest absolute Gasteiger partial charge is 0.132 e. The predicted molar refractivity (Wildman–Crippen MR) is 160 cm³/mol. The van der Waals surface area contributed by atoms with Crippen molar-refractivity contribution in [2.45, 2.75) is 19.3 Å². The monoisotopic (exact) mass is 501 g/mol. The summed E-state index contributed by atoms with van der Waals surface area (Å²) in [6.45, 7) is 4.38. The maximum Gasteiger partial charge on any atom is 0.132 e. The van der Waals surface area contributed by atoms with E-state index in [4.69, 9.17) is 4.74 Å². The van der Waals surface area contributed by atoms with E-state index < -0.39 is 5.41 Å². The van der Waals surface area contributed by atoms with Crippen LogP contribution in [0.25, 0.3) is 33.7 Å². The first-order chi connectivity index (χ1) is 19.2. The van der Waals surface area contributed by atoms with Gasteiger partial charge in [0.25, 0.3) is 0 Å². The van der Waals surface area contributed by atoms with Gasteiger partial charge < -0.3 is 9.72 Å². The number of rotatable bonds is 2. The summed E-state index contributed by atoms with van der Waals surface area (Å²) < 4.78 is 6.48. The Hall–Kier alpha value is -4.82. The molecule has 2 aliphatic rings. The van der Waals surface area contributed by atoms with Crippen molar-refractivity contribution in [3.8, 4) is 22.6 Å². The van der Waals surface area contributed by atoms with Crippen molar-refractivity contribution in [2.24, 2.45) is 0 Å². The van der Waals surface area contributed by atoms with E-state index in [-0.39, 0.29) is 0 Å². The lowest BCUT2D eigenvalue weighted by Crippen LogP contribution is -2.32. The zero-order valence-corrected chi connectivity index (χ0v) is 22.0. The van der Waals surface area contributed by atoms with Gasteiger partial charge in [-0.05, 0) is 59.9 Å². The number of ether oxygens (including phenoxy) is 1. The standard InChI is InChI=1S/C37H27NO/c1-23(25-12-4-3-5-13-25)22-28-24(2)38-36-26(28)20-21-32-35(36)27-14-6-7-15-29(27)37(32)30-16-8-10-18-33(30)39-34-19-11-9-17-31(34)37/h3-22,38H,1-2H3/b23-22+. The van der Waals surface area contributed by atoms with Crippen molar-refractivity contribution in [1.29, 1.82) is 0 Å². The van der Waals surface area contributed by atoms with Crippen molar-refractivity contribution in [3.63, 3.8) is 0 Å². The summed E-state index contributed by atoms with van der Waals surface area (Å²) in [7, 11) is 0. The fourth-order valence-electron chi connectivity index (χ4n) is 6.94. The van der Waals surface area contributed by atoms with E-state index in [1.165, 1.54) is 66.7 Å². The lowest BCUT2D eigenvalue weighted by molar-refractivity contribution is 0.436. The fraction of sp³-hybridized carbons (Fsp3) is 0.0811. The highest BCUT2D eigenvalue weighted by atomic mass is 16.5. The summed E-state index contributed by atoms with van der Waals surface area (Å²) in [6.07, 6.45) is 2.32. The van der Waals surface area contributed by atoms with Crippen molar-refractivity contribution >= 4 is 22.6 Å². The molecule has 39 heavy (non-hydrogen) atoms. The second-order valence-electron chi connectivity index (χ2n) is 10.7. The van der Waals surface area contributed by atoms with Gasteiger partial charge in [0, 0.05) is 33.3 Å². The molecule has 1 aliphatic carbocycles. The third kappa shape index (κ3) is 2.92. The third-order valence-electron chi connectivity index (χ3n) is 8.61. The third-order valence-corrected chi connectivity index (χ3v) is 8.61. The van der Waals surface area contributed by atoms with Crippen LogP contribution in [0.5, 0.6) is 11.5 Å². The van der Waals surface area contributed by atoms with Gasteiger partial charge in [0.2, 0.25) is 0 Å². The number of fused-ring (bicyclic) bond motifs is 11. The summed E-state index contributed by atoms with van der Waals surface area (Å²) in [6, 6.07) is 41.3. The molecule has 1 spiro atoms. The minimum atomic E-state index is -0.444. The average Bonchev–Trinajstić information content (AvgIpc) is 3.46. The molecular weight excluding hydrogens is 474 g/mol. The van der Waals surface area contributed by atoms with Crippen LogP contribution in [0.1, 0.15) is 46.0 Å². The van der Waals surface area contributed by atoms with E-state index in [0.29, 0.717) is 0 Å². The van der Waals surface area contributed by atoms with E-state index in [1.54, 1.807) is 0 Å². The number of hydrogen-bond acceptors (Lipinski definition) is 1. The number of aromatic amines is 1. The quantitative estimate of drug-likeness (QED) is 0.251. The summed E-state index contributed by atoms with van der Waals surface area (Å²) >= 11 is 0. The van der Waals surface area contributed by atoms with Gasteiger partial charge in [0.05, 0.1) is 10.9 Å². The van der Waals surface area contributed by atoms with Gasteiger partial charge in [-0.15, -0.1) is 0 Å². The van der Waals surface area contributed by atoms with Gasteiger partial charge >= 0.3 is 0 Å². The number of hydrogen-bond donors (Lipinski definition) is 1. The fourth-order valence-corrected chi connectivity index (χ4v) is 6.94. The molecule has 0 fully saturated rings. The molecule has 1 aliphatic heterocycles. The van der Waals surface area contributed by atoms with Crippen LogP contribution in [0, 0.1) is 6.92 Å². The van der Waals surface area contributed by atoms with Crippen molar-refractivity contribution in [2.75, 3.05) is 0 Å².